The second-order valence-electron chi connectivity index (χ2n) is 3.54. The lowest BCUT2D eigenvalue weighted by molar-refractivity contribution is 0.216. The summed E-state index contributed by atoms with van der Waals surface area (Å²) in [6.07, 6.45) is 3.47. The van der Waals surface area contributed by atoms with E-state index in [1.54, 1.807) is 23.0 Å². The van der Waals surface area contributed by atoms with Crippen molar-refractivity contribution < 1.29 is 4.74 Å². The molecule has 1 aromatic carbocycles. The van der Waals surface area contributed by atoms with E-state index in [0.29, 0.717) is 29.7 Å². The van der Waals surface area contributed by atoms with E-state index in [4.69, 9.17) is 10.00 Å². The van der Waals surface area contributed by atoms with Gasteiger partial charge >= 0.3 is 0 Å². The van der Waals surface area contributed by atoms with Crippen molar-refractivity contribution in [2.75, 3.05) is 0 Å². The van der Waals surface area contributed by atoms with Crippen LogP contribution in [0, 0.1) is 11.3 Å². The molecule has 82 valence electrons. The first kappa shape index (κ1) is 9.60. The lowest BCUT2D eigenvalue weighted by Crippen LogP contribution is -2.16. The van der Waals surface area contributed by atoms with Gasteiger partial charge in [0, 0.05) is 12.4 Å². The van der Waals surface area contributed by atoms with Crippen molar-refractivity contribution in [2.24, 2.45) is 4.99 Å². The van der Waals surface area contributed by atoms with Crippen molar-refractivity contribution in [2.45, 2.75) is 6.73 Å². The Morgan fingerprint density at radius 2 is 2.24 bits per heavy atom. The first-order valence-electron chi connectivity index (χ1n) is 5.10. The Bertz CT molecular complexity index is 636. The van der Waals surface area contributed by atoms with E-state index in [-0.39, 0.29) is 0 Å². The number of ether oxygens (including phenoxy) is 1. The van der Waals surface area contributed by atoms with Gasteiger partial charge in [0.2, 0.25) is 11.8 Å². The average Bonchev–Trinajstić information content (AvgIpc) is 2.85. The van der Waals surface area contributed by atoms with Crippen LogP contribution < -0.4 is 0 Å². The number of aliphatic imine (C=N–C) groups is 1. The standard InChI is InChI=1S/C12H8N4O/c13-7-9-3-1-2-4-10(9)11-15-12-14-5-6-16(12)8-17-11/h1-6H,8H2. The molecule has 0 aliphatic carbocycles. The molecule has 0 bridgehead atoms. The van der Waals surface area contributed by atoms with Gasteiger partial charge in [0.15, 0.2) is 6.73 Å². The Hall–Kier alpha value is -2.61. The second kappa shape index (κ2) is 3.76. The molecule has 17 heavy (non-hydrogen) atoms. The van der Waals surface area contributed by atoms with Gasteiger partial charge in [-0.15, -0.1) is 0 Å². The zero-order valence-electron chi connectivity index (χ0n) is 8.87. The number of aromatic nitrogens is 2. The Balaban J connectivity index is 2.10. The normalized spacial score (nSPS) is 13.2. The van der Waals surface area contributed by atoms with Crippen LogP contribution in [0.25, 0.3) is 0 Å². The number of nitriles is 1. The molecule has 3 rings (SSSR count). The summed E-state index contributed by atoms with van der Waals surface area (Å²) in [5, 5.41) is 9.02. The zero-order chi connectivity index (χ0) is 11.7. The molecule has 0 radical (unpaired) electrons. The molecule has 2 aromatic rings. The zero-order valence-corrected chi connectivity index (χ0v) is 8.87. The van der Waals surface area contributed by atoms with E-state index in [9.17, 15) is 0 Å². The summed E-state index contributed by atoms with van der Waals surface area (Å²) in [4.78, 5) is 8.38. The van der Waals surface area contributed by atoms with Crippen LogP contribution in [0.5, 0.6) is 0 Å². The number of hydrogen-bond donors (Lipinski definition) is 0. The number of hydrogen-bond acceptors (Lipinski definition) is 4. The first-order chi connectivity index (χ1) is 8.38. The monoisotopic (exact) mass is 224 g/mol. The third-order valence-electron chi connectivity index (χ3n) is 2.51. The van der Waals surface area contributed by atoms with Crippen molar-refractivity contribution in [1.82, 2.24) is 9.55 Å². The fourth-order valence-electron chi connectivity index (χ4n) is 1.67. The van der Waals surface area contributed by atoms with Gasteiger partial charge in [0.1, 0.15) is 0 Å². The highest BCUT2D eigenvalue weighted by atomic mass is 16.5. The van der Waals surface area contributed by atoms with Crippen molar-refractivity contribution in [3.8, 4) is 6.07 Å². The Morgan fingerprint density at radius 1 is 1.35 bits per heavy atom. The van der Waals surface area contributed by atoms with Crippen LogP contribution in [-0.2, 0) is 11.5 Å². The smallest absolute Gasteiger partial charge is 0.235 e. The highest BCUT2D eigenvalue weighted by molar-refractivity contribution is 5.97. The van der Waals surface area contributed by atoms with Gasteiger partial charge in [-0.3, -0.25) is 4.57 Å². The highest BCUT2D eigenvalue weighted by Crippen LogP contribution is 2.19. The minimum absolute atomic E-state index is 0.369. The molecule has 1 aromatic heterocycles. The van der Waals surface area contributed by atoms with Crippen LogP contribution in [0.2, 0.25) is 0 Å². The van der Waals surface area contributed by atoms with Crippen molar-refractivity contribution >= 4 is 11.8 Å². The van der Waals surface area contributed by atoms with Crippen molar-refractivity contribution in [3.05, 3.63) is 47.8 Å². The summed E-state index contributed by atoms with van der Waals surface area (Å²) < 4.78 is 7.30. The summed E-state index contributed by atoms with van der Waals surface area (Å²) in [6.45, 7) is 0.369. The minimum atomic E-state index is 0.369. The molecule has 0 amide bonds. The first-order valence-corrected chi connectivity index (χ1v) is 5.10. The van der Waals surface area contributed by atoms with Gasteiger partial charge in [0.25, 0.3) is 0 Å². The average molecular weight is 224 g/mol. The topological polar surface area (TPSA) is 63.2 Å². The van der Waals surface area contributed by atoms with Crippen LogP contribution in [0.15, 0.2) is 41.7 Å². The van der Waals surface area contributed by atoms with E-state index in [0.717, 1.165) is 0 Å². The summed E-state index contributed by atoms with van der Waals surface area (Å²) >= 11 is 0. The quantitative estimate of drug-likeness (QED) is 0.742. The molecule has 2 heterocycles. The molecule has 0 saturated heterocycles. The number of fused-ring (bicyclic) bond motifs is 1. The Labute approximate surface area is 97.6 Å². The summed E-state index contributed by atoms with van der Waals surface area (Å²) in [7, 11) is 0. The molecule has 5 heteroatoms. The third-order valence-corrected chi connectivity index (χ3v) is 2.51. The van der Waals surface area contributed by atoms with E-state index < -0.39 is 0 Å². The van der Waals surface area contributed by atoms with Crippen molar-refractivity contribution in [1.29, 1.82) is 5.26 Å². The van der Waals surface area contributed by atoms with E-state index in [1.165, 1.54) is 0 Å². The lowest BCUT2D eigenvalue weighted by Gasteiger charge is -2.16. The SMILES string of the molecule is N#Cc1ccccc1C1=Nc2nccn2CO1. The Morgan fingerprint density at radius 3 is 3.12 bits per heavy atom. The molecule has 1 aliphatic heterocycles. The minimum Gasteiger partial charge on any atom is -0.455 e. The number of imidazole rings is 1. The molecule has 0 spiro atoms. The third kappa shape index (κ3) is 1.56. The largest absolute Gasteiger partial charge is 0.455 e. The Kier molecular flexibility index (Phi) is 2.12. The van der Waals surface area contributed by atoms with Gasteiger partial charge < -0.3 is 4.74 Å². The molecule has 0 unspecified atom stereocenters. The van der Waals surface area contributed by atoms with Gasteiger partial charge in [-0.2, -0.15) is 10.3 Å². The second-order valence-corrected chi connectivity index (χ2v) is 3.54. The number of nitrogens with zero attached hydrogens (tertiary/aromatic N) is 4. The summed E-state index contributed by atoms with van der Waals surface area (Å²) in [5.41, 5.74) is 1.25. The maximum Gasteiger partial charge on any atom is 0.235 e. The van der Waals surface area contributed by atoms with Gasteiger partial charge in [-0.1, -0.05) is 12.1 Å². The summed E-state index contributed by atoms with van der Waals surface area (Å²) in [6, 6.07) is 9.34. The van der Waals surface area contributed by atoms with E-state index in [1.807, 2.05) is 18.2 Å². The van der Waals surface area contributed by atoms with Crippen LogP contribution in [0.3, 0.4) is 0 Å². The van der Waals surface area contributed by atoms with E-state index in [2.05, 4.69) is 16.0 Å². The van der Waals surface area contributed by atoms with Crippen LogP contribution in [-0.4, -0.2) is 15.4 Å². The highest BCUT2D eigenvalue weighted by Gasteiger charge is 2.16. The molecule has 5 nitrogen and oxygen atoms in total. The lowest BCUT2D eigenvalue weighted by atomic mass is 10.1. The summed E-state index contributed by atoms with van der Waals surface area (Å²) in [5.74, 6) is 1.04. The number of benzene rings is 1. The molecular formula is C12H8N4O. The van der Waals surface area contributed by atoms with Crippen LogP contribution >= 0.6 is 0 Å². The molecule has 0 fully saturated rings. The number of rotatable bonds is 1. The van der Waals surface area contributed by atoms with Crippen LogP contribution in [0.4, 0.5) is 5.95 Å². The van der Waals surface area contributed by atoms with Crippen molar-refractivity contribution in [3.63, 3.8) is 0 Å². The molecular weight excluding hydrogens is 216 g/mol. The van der Waals surface area contributed by atoms with Gasteiger partial charge in [0.05, 0.1) is 17.2 Å². The fraction of sp³-hybridized carbons (Fsp3) is 0.0833. The maximum absolute atomic E-state index is 9.02. The molecule has 1 aliphatic rings. The molecule has 0 saturated carbocycles. The van der Waals surface area contributed by atoms with Crippen LogP contribution in [0.1, 0.15) is 11.1 Å². The predicted molar refractivity (Wildman–Crippen MR) is 60.7 cm³/mol. The molecule has 0 atom stereocenters. The molecule has 0 N–H and O–H groups in total. The van der Waals surface area contributed by atoms with Gasteiger partial charge in [-0.25, -0.2) is 4.98 Å². The fourth-order valence-corrected chi connectivity index (χ4v) is 1.67. The van der Waals surface area contributed by atoms with Gasteiger partial charge in [-0.05, 0) is 12.1 Å². The predicted octanol–water partition coefficient (Wildman–Crippen LogP) is 1.82. The van der Waals surface area contributed by atoms with E-state index >= 15 is 0 Å². The maximum atomic E-state index is 9.02.